The number of nitrogens with one attached hydrogen (secondary N) is 1. The second-order valence-electron chi connectivity index (χ2n) is 6.16. The third-order valence-electron chi connectivity index (χ3n) is 4.14. The van der Waals surface area contributed by atoms with Crippen LogP contribution in [-0.4, -0.2) is 50.4 Å². The lowest BCUT2D eigenvalue weighted by atomic mass is 10.2. The number of nitro groups is 1. The van der Waals surface area contributed by atoms with Gasteiger partial charge in [-0.3, -0.25) is 14.8 Å². The van der Waals surface area contributed by atoms with Crippen LogP contribution in [0.1, 0.15) is 12.8 Å². The van der Waals surface area contributed by atoms with Crippen molar-refractivity contribution < 1.29 is 14.4 Å². The molecule has 1 aromatic carbocycles. The first-order chi connectivity index (χ1) is 12.0. The van der Waals surface area contributed by atoms with Crippen molar-refractivity contribution in [1.29, 1.82) is 0 Å². The molecule has 1 aliphatic rings. The lowest BCUT2D eigenvalue weighted by molar-refractivity contribution is -0.385. The molecule has 0 amide bonds. The predicted molar refractivity (Wildman–Crippen MR) is 90.2 cm³/mol. The fourth-order valence-electron chi connectivity index (χ4n) is 2.94. The van der Waals surface area contributed by atoms with Gasteiger partial charge in [0.25, 0.3) is 5.69 Å². The molecule has 0 saturated carbocycles. The van der Waals surface area contributed by atoms with E-state index in [1.165, 1.54) is 31.2 Å². The SMILES string of the molecule is O=[N+]([O-])c1ccc(Nc2cnn(CC(O)CN3CCCC3)c2)c(F)c1. The van der Waals surface area contributed by atoms with E-state index in [4.69, 9.17) is 0 Å². The number of hydrogen-bond donors (Lipinski definition) is 2. The number of hydrogen-bond acceptors (Lipinski definition) is 6. The summed E-state index contributed by atoms with van der Waals surface area (Å²) in [4.78, 5) is 12.2. The van der Waals surface area contributed by atoms with Gasteiger partial charge in [0.15, 0.2) is 5.82 Å². The van der Waals surface area contributed by atoms with Gasteiger partial charge in [0.05, 0.1) is 41.2 Å². The Morgan fingerprint density at radius 2 is 2.12 bits per heavy atom. The van der Waals surface area contributed by atoms with E-state index in [9.17, 15) is 19.6 Å². The number of nitrogens with zero attached hydrogens (tertiary/aromatic N) is 4. The largest absolute Gasteiger partial charge is 0.390 e. The summed E-state index contributed by atoms with van der Waals surface area (Å²) in [6.45, 7) is 2.99. The Morgan fingerprint density at radius 1 is 1.36 bits per heavy atom. The van der Waals surface area contributed by atoms with Crippen molar-refractivity contribution in [2.45, 2.75) is 25.5 Å². The Labute approximate surface area is 144 Å². The molecule has 9 heteroatoms. The first-order valence-electron chi connectivity index (χ1n) is 8.15. The Morgan fingerprint density at radius 3 is 2.80 bits per heavy atom. The molecule has 1 unspecified atom stereocenters. The lowest BCUT2D eigenvalue weighted by Gasteiger charge is -2.19. The Hall–Kier alpha value is -2.52. The summed E-state index contributed by atoms with van der Waals surface area (Å²) in [5, 5.41) is 27.8. The molecule has 1 atom stereocenters. The number of halogens is 1. The summed E-state index contributed by atoms with van der Waals surface area (Å²) in [7, 11) is 0. The van der Waals surface area contributed by atoms with E-state index >= 15 is 0 Å². The molecule has 1 fully saturated rings. The average Bonchev–Trinajstić information content (AvgIpc) is 3.21. The van der Waals surface area contributed by atoms with Crippen molar-refractivity contribution in [3.8, 4) is 0 Å². The fraction of sp³-hybridized carbons (Fsp3) is 0.438. The van der Waals surface area contributed by atoms with Crippen LogP contribution in [0.2, 0.25) is 0 Å². The highest BCUT2D eigenvalue weighted by Crippen LogP contribution is 2.23. The number of aliphatic hydroxyl groups excluding tert-OH is 1. The summed E-state index contributed by atoms with van der Waals surface area (Å²) in [5.74, 6) is -0.712. The molecule has 0 bridgehead atoms. The van der Waals surface area contributed by atoms with Gasteiger partial charge < -0.3 is 15.3 Å². The molecular formula is C16H20FN5O3. The zero-order valence-electron chi connectivity index (χ0n) is 13.6. The fourth-order valence-corrected chi connectivity index (χ4v) is 2.94. The molecule has 0 radical (unpaired) electrons. The van der Waals surface area contributed by atoms with Crippen molar-refractivity contribution in [3.05, 3.63) is 46.5 Å². The monoisotopic (exact) mass is 349 g/mol. The summed E-state index contributed by atoms with van der Waals surface area (Å²) in [6.07, 6.45) is 4.99. The third-order valence-corrected chi connectivity index (χ3v) is 4.14. The standard InChI is InChI=1S/C16H20FN5O3/c17-15-7-13(22(24)25)3-4-16(15)19-12-8-18-21(9-12)11-14(23)10-20-5-1-2-6-20/h3-4,7-9,14,19,23H,1-2,5-6,10-11H2. The quantitative estimate of drug-likeness (QED) is 0.587. The second-order valence-corrected chi connectivity index (χ2v) is 6.16. The van der Waals surface area contributed by atoms with Gasteiger partial charge in [-0.1, -0.05) is 0 Å². The minimum atomic E-state index is -0.712. The number of nitro benzene ring substituents is 1. The van der Waals surface area contributed by atoms with Crippen LogP contribution in [0.15, 0.2) is 30.6 Å². The van der Waals surface area contributed by atoms with Crippen LogP contribution in [0.3, 0.4) is 0 Å². The van der Waals surface area contributed by atoms with Gasteiger partial charge in [0.1, 0.15) is 0 Å². The number of anilines is 2. The molecule has 25 heavy (non-hydrogen) atoms. The summed E-state index contributed by atoms with van der Waals surface area (Å²) < 4.78 is 15.5. The van der Waals surface area contributed by atoms with Crippen molar-refractivity contribution in [1.82, 2.24) is 14.7 Å². The normalized spacial score (nSPS) is 16.1. The van der Waals surface area contributed by atoms with Crippen molar-refractivity contribution in [3.63, 3.8) is 0 Å². The maximum Gasteiger partial charge on any atom is 0.272 e. The van der Waals surface area contributed by atoms with Gasteiger partial charge in [-0.25, -0.2) is 4.39 Å². The molecule has 134 valence electrons. The van der Waals surface area contributed by atoms with E-state index in [1.807, 2.05) is 0 Å². The zero-order chi connectivity index (χ0) is 17.8. The number of non-ortho nitro benzene ring substituents is 1. The molecule has 8 nitrogen and oxygen atoms in total. The van der Waals surface area contributed by atoms with E-state index < -0.39 is 16.8 Å². The van der Waals surface area contributed by atoms with Crippen molar-refractivity contribution in [2.24, 2.45) is 0 Å². The Bertz CT molecular complexity index is 745. The average molecular weight is 349 g/mol. The molecule has 2 heterocycles. The topological polar surface area (TPSA) is 96.5 Å². The summed E-state index contributed by atoms with van der Waals surface area (Å²) >= 11 is 0. The smallest absolute Gasteiger partial charge is 0.272 e. The maximum atomic E-state index is 13.9. The van der Waals surface area contributed by atoms with Crippen LogP contribution in [-0.2, 0) is 6.54 Å². The Kier molecular flexibility index (Phi) is 5.25. The minimum Gasteiger partial charge on any atom is -0.390 e. The highest BCUT2D eigenvalue weighted by molar-refractivity contribution is 5.60. The van der Waals surface area contributed by atoms with Crippen LogP contribution in [0.4, 0.5) is 21.5 Å². The maximum absolute atomic E-state index is 13.9. The molecule has 2 N–H and O–H groups in total. The lowest BCUT2D eigenvalue weighted by Crippen LogP contribution is -2.32. The molecule has 1 saturated heterocycles. The number of aromatic nitrogens is 2. The third kappa shape index (κ3) is 4.52. The van der Waals surface area contributed by atoms with Crippen LogP contribution >= 0.6 is 0 Å². The molecule has 3 rings (SSSR count). The van der Waals surface area contributed by atoms with Crippen LogP contribution in [0.25, 0.3) is 0 Å². The number of likely N-dealkylation sites (tertiary alicyclic amines) is 1. The van der Waals surface area contributed by atoms with Gasteiger partial charge in [-0.05, 0) is 32.0 Å². The molecule has 0 aliphatic carbocycles. The molecule has 0 spiro atoms. The number of aliphatic hydroxyl groups is 1. The Balaban J connectivity index is 1.58. The highest BCUT2D eigenvalue weighted by atomic mass is 19.1. The molecule has 1 aromatic heterocycles. The minimum absolute atomic E-state index is 0.128. The summed E-state index contributed by atoms with van der Waals surface area (Å²) in [5.41, 5.74) is 0.368. The van der Waals surface area contributed by atoms with Crippen LogP contribution < -0.4 is 5.32 Å². The van der Waals surface area contributed by atoms with Crippen LogP contribution in [0, 0.1) is 15.9 Å². The van der Waals surface area contributed by atoms with Gasteiger partial charge in [-0.2, -0.15) is 5.10 Å². The van der Waals surface area contributed by atoms with E-state index in [0.717, 1.165) is 19.2 Å². The highest BCUT2D eigenvalue weighted by Gasteiger charge is 2.16. The number of benzene rings is 1. The van der Waals surface area contributed by atoms with Gasteiger partial charge >= 0.3 is 0 Å². The molecule has 2 aromatic rings. The van der Waals surface area contributed by atoms with E-state index in [0.29, 0.717) is 18.8 Å². The first-order valence-corrected chi connectivity index (χ1v) is 8.15. The number of β-amino-alcohol motifs (C(OH)–C–C–N with tert-alkyl or cyclic N) is 1. The van der Waals surface area contributed by atoms with Crippen molar-refractivity contribution >= 4 is 17.1 Å². The number of rotatable bonds is 7. The first kappa shape index (κ1) is 17.3. The molecular weight excluding hydrogens is 329 g/mol. The zero-order valence-corrected chi connectivity index (χ0v) is 13.6. The van der Waals surface area contributed by atoms with Gasteiger partial charge in [-0.15, -0.1) is 0 Å². The van der Waals surface area contributed by atoms with Crippen LogP contribution in [0.5, 0.6) is 0 Å². The van der Waals surface area contributed by atoms with Crippen molar-refractivity contribution in [2.75, 3.05) is 25.0 Å². The predicted octanol–water partition coefficient (Wildman–Crippen LogP) is 2.13. The van der Waals surface area contributed by atoms with E-state index in [2.05, 4.69) is 15.3 Å². The second kappa shape index (κ2) is 7.58. The van der Waals surface area contributed by atoms with Gasteiger partial charge in [0, 0.05) is 18.8 Å². The summed E-state index contributed by atoms with van der Waals surface area (Å²) in [6, 6.07) is 3.41. The van der Waals surface area contributed by atoms with E-state index in [-0.39, 0.29) is 11.4 Å². The molecule has 1 aliphatic heterocycles. The van der Waals surface area contributed by atoms with Gasteiger partial charge in [0.2, 0.25) is 0 Å². The van der Waals surface area contributed by atoms with E-state index in [1.54, 1.807) is 10.9 Å².